The third kappa shape index (κ3) is 215. The van der Waals surface area contributed by atoms with Crippen molar-refractivity contribution in [3.8, 4) is 0 Å². The highest BCUT2D eigenvalue weighted by Gasteiger charge is 2.21. The standard InChI is InChI=1S/C6H10.3BF4/c1-2-4-6-5-3-1;3*2-1(3,4)5/h1-2H,3-6H2;;;/q;3*-1. The molecule has 0 nitrogen and oxygen atoms in total. The predicted molar refractivity (Wildman–Crippen MR) is 58.2 cm³/mol. The first-order valence-corrected chi connectivity index (χ1v) is 5.27. The lowest BCUT2D eigenvalue weighted by molar-refractivity contribution is 0.366. The fourth-order valence-corrected chi connectivity index (χ4v) is 0.760. The van der Waals surface area contributed by atoms with E-state index in [1.807, 2.05) is 0 Å². The molecule has 0 unspecified atom stereocenters. The van der Waals surface area contributed by atoms with Crippen molar-refractivity contribution in [2.24, 2.45) is 0 Å². The van der Waals surface area contributed by atoms with Crippen molar-refractivity contribution in [2.75, 3.05) is 0 Å². The summed E-state index contributed by atoms with van der Waals surface area (Å²) >= 11 is 0. The van der Waals surface area contributed by atoms with E-state index in [0.29, 0.717) is 0 Å². The van der Waals surface area contributed by atoms with E-state index < -0.39 is 21.8 Å². The van der Waals surface area contributed by atoms with Crippen LogP contribution in [0.1, 0.15) is 25.7 Å². The number of hydrogen-bond donors (Lipinski definition) is 0. The van der Waals surface area contributed by atoms with E-state index in [4.69, 9.17) is 0 Å². The molecule has 0 saturated carbocycles. The van der Waals surface area contributed by atoms with Crippen LogP contribution in [0.2, 0.25) is 0 Å². The molecule has 0 radical (unpaired) electrons. The fourth-order valence-electron chi connectivity index (χ4n) is 0.760. The molecule has 0 aromatic carbocycles. The topological polar surface area (TPSA) is 0 Å². The molecule has 0 fully saturated rings. The maximum absolute atomic E-state index is 9.75. The van der Waals surface area contributed by atoms with Crippen molar-refractivity contribution in [1.29, 1.82) is 0 Å². The molecule has 130 valence electrons. The number of rotatable bonds is 0. The summed E-state index contributed by atoms with van der Waals surface area (Å²) in [5.74, 6) is 0. The molecule has 21 heavy (non-hydrogen) atoms. The van der Waals surface area contributed by atoms with Gasteiger partial charge in [0.1, 0.15) is 0 Å². The van der Waals surface area contributed by atoms with Gasteiger partial charge in [0.05, 0.1) is 0 Å². The zero-order valence-electron chi connectivity index (χ0n) is 10.3. The molecule has 15 heteroatoms. The Morgan fingerprint density at radius 1 is 0.429 bits per heavy atom. The molecule has 0 bridgehead atoms. The van der Waals surface area contributed by atoms with Gasteiger partial charge in [0.25, 0.3) is 0 Å². The maximum Gasteiger partial charge on any atom is 0.673 e. The third-order valence-corrected chi connectivity index (χ3v) is 1.16. The van der Waals surface area contributed by atoms with Crippen LogP contribution in [0.15, 0.2) is 12.2 Å². The van der Waals surface area contributed by atoms with Crippen LogP contribution < -0.4 is 0 Å². The van der Waals surface area contributed by atoms with E-state index in [0.717, 1.165) is 0 Å². The van der Waals surface area contributed by atoms with E-state index in [2.05, 4.69) is 12.2 Å². The molecule has 0 heterocycles. The Balaban J connectivity index is -0.000000207. The van der Waals surface area contributed by atoms with Crippen molar-refractivity contribution in [3.05, 3.63) is 12.2 Å². The van der Waals surface area contributed by atoms with E-state index in [-0.39, 0.29) is 0 Å². The molecule has 0 atom stereocenters. The minimum Gasteiger partial charge on any atom is -0.418 e. The van der Waals surface area contributed by atoms with Crippen molar-refractivity contribution < 1.29 is 51.8 Å². The van der Waals surface area contributed by atoms with Gasteiger partial charge in [-0.1, -0.05) is 12.2 Å². The third-order valence-electron chi connectivity index (χ3n) is 1.16. The van der Waals surface area contributed by atoms with E-state index in [9.17, 15) is 51.8 Å². The van der Waals surface area contributed by atoms with Crippen LogP contribution in [0.4, 0.5) is 51.8 Å². The van der Waals surface area contributed by atoms with Gasteiger partial charge in [-0.25, -0.2) is 0 Å². The normalized spacial score (nSPS) is 14.7. The lowest BCUT2D eigenvalue weighted by Gasteiger charge is -1.97. The zero-order chi connectivity index (χ0) is 17.7. The summed E-state index contributed by atoms with van der Waals surface area (Å²) in [5.41, 5.74) is 0. The first kappa shape index (κ1) is 25.1. The summed E-state index contributed by atoms with van der Waals surface area (Å²) in [5, 5.41) is 0. The molecule has 0 amide bonds. The largest absolute Gasteiger partial charge is 0.673 e. The lowest BCUT2D eigenvalue weighted by atomic mass is 10.1. The van der Waals surface area contributed by atoms with Crippen molar-refractivity contribution in [1.82, 2.24) is 0 Å². The maximum atomic E-state index is 9.75. The average molecular weight is 343 g/mol. The minimum atomic E-state index is -6.00. The summed E-state index contributed by atoms with van der Waals surface area (Å²) in [4.78, 5) is 0. The molecular weight excluding hydrogens is 332 g/mol. The molecule has 1 aliphatic carbocycles. The molecule has 0 aromatic rings. The van der Waals surface area contributed by atoms with Crippen LogP contribution >= 0.6 is 0 Å². The SMILES string of the molecule is C1=CCCCC1.F[B-](F)(F)F.F[B-](F)(F)F.F[B-](F)(F)F. The Labute approximate surface area is 112 Å². The van der Waals surface area contributed by atoms with Crippen LogP contribution in [0.3, 0.4) is 0 Å². The fraction of sp³-hybridized carbons (Fsp3) is 0.667. The molecule has 0 spiro atoms. The van der Waals surface area contributed by atoms with Gasteiger partial charge in [-0.15, -0.1) is 0 Å². The molecule has 1 aliphatic rings. The van der Waals surface area contributed by atoms with Crippen molar-refractivity contribution >= 4 is 21.8 Å². The molecule has 0 saturated heterocycles. The highest BCUT2D eigenvalue weighted by molar-refractivity contribution is 6.50. The molecule has 0 aromatic heterocycles. The van der Waals surface area contributed by atoms with Gasteiger partial charge in [0, 0.05) is 0 Å². The Kier molecular flexibility index (Phi) is 14.0. The smallest absolute Gasteiger partial charge is 0.418 e. The van der Waals surface area contributed by atoms with Crippen molar-refractivity contribution in [3.63, 3.8) is 0 Å². The Bertz CT molecular complexity index is 199. The average Bonchev–Trinajstić information content (AvgIpc) is 2.12. The Hall–Kier alpha value is -0.905. The molecule has 1 rings (SSSR count). The first-order chi connectivity index (χ1) is 9.00. The summed E-state index contributed by atoms with van der Waals surface area (Å²) in [6, 6.07) is 0. The van der Waals surface area contributed by atoms with Gasteiger partial charge in [0.2, 0.25) is 0 Å². The molecule has 0 aliphatic heterocycles. The first-order valence-electron chi connectivity index (χ1n) is 5.27. The van der Waals surface area contributed by atoms with Gasteiger partial charge in [-0.3, -0.25) is 0 Å². The van der Waals surface area contributed by atoms with Gasteiger partial charge >= 0.3 is 21.8 Å². The number of hydrogen-bond acceptors (Lipinski definition) is 0. The Morgan fingerprint density at radius 2 is 0.571 bits per heavy atom. The van der Waals surface area contributed by atoms with E-state index in [1.54, 1.807) is 0 Å². The monoisotopic (exact) mass is 343 g/mol. The van der Waals surface area contributed by atoms with Gasteiger partial charge < -0.3 is 51.8 Å². The summed E-state index contributed by atoms with van der Waals surface area (Å²) in [7, 11) is -18.0. The van der Waals surface area contributed by atoms with Crippen LogP contribution in [0.5, 0.6) is 0 Å². The van der Waals surface area contributed by atoms with Crippen LogP contribution in [-0.2, 0) is 0 Å². The van der Waals surface area contributed by atoms with E-state index >= 15 is 0 Å². The summed E-state index contributed by atoms with van der Waals surface area (Å²) < 4.78 is 117. The van der Waals surface area contributed by atoms with Crippen molar-refractivity contribution in [2.45, 2.75) is 25.7 Å². The lowest BCUT2D eigenvalue weighted by Crippen LogP contribution is -2.02. The van der Waals surface area contributed by atoms with Gasteiger partial charge in [-0.2, -0.15) is 0 Å². The molecule has 0 N–H and O–H groups in total. The second kappa shape index (κ2) is 11.7. The highest BCUT2D eigenvalue weighted by Crippen LogP contribution is 2.08. The van der Waals surface area contributed by atoms with Crippen LogP contribution in [0.25, 0.3) is 0 Å². The predicted octanol–water partition coefficient (Wildman–Crippen LogP) is 6.02. The number of halogens is 12. The van der Waals surface area contributed by atoms with Crippen LogP contribution in [-0.4, -0.2) is 21.8 Å². The summed E-state index contributed by atoms with van der Waals surface area (Å²) in [6.45, 7) is 0. The van der Waals surface area contributed by atoms with Gasteiger partial charge in [0.15, 0.2) is 0 Å². The highest BCUT2D eigenvalue weighted by atomic mass is 19.5. The minimum absolute atomic E-state index is 1.32. The van der Waals surface area contributed by atoms with Gasteiger partial charge in [-0.05, 0) is 25.7 Å². The quantitative estimate of drug-likeness (QED) is 0.287. The Morgan fingerprint density at radius 3 is 0.619 bits per heavy atom. The zero-order valence-corrected chi connectivity index (χ0v) is 10.3. The summed E-state index contributed by atoms with van der Waals surface area (Å²) in [6.07, 6.45) is 10.0. The second-order valence-electron chi connectivity index (χ2n) is 3.24. The van der Waals surface area contributed by atoms with E-state index in [1.165, 1.54) is 25.7 Å². The second-order valence-corrected chi connectivity index (χ2v) is 3.24. The van der Waals surface area contributed by atoms with Crippen LogP contribution in [0, 0.1) is 0 Å². The number of allylic oxidation sites excluding steroid dienone is 2. The molecular formula is C6H10B3F12-3.